The lowest BCUT2D eigenvalue weighted by atomic mass is 10.0. The zero-order valence-electron chi connectivity index (χ0n) is 11.2. The van der Waals surface area contributed by atoms with Gasteiger partial charge in [-0.1, -0.05) is 12.1 Å². The van der Waals surface area contributed by atoms with Gasteiger partial charge in [-0.25, -0.2) is 0 Å². The molecule has 3 N–H and O–H groups in total. The topological polar surface area (TPSA) is 107 Å². The average Bonchev–Trinajstić information content (AvgIpc) is 3.20. The third kappa shape index (κ3) is 3.24. The number of carbonyl (C=O) groups excluding carboxylic acids is 1. The van der Waals surface area contributed by atoms with Gasteiger partial charge in [-0.05, 0) is 25.8 Å². The number of hydrogen-bond donors (Lipinski definition) is 2. The van der Waals surface area contributed by atoms with Gasteiger partial charge in [-0.15, -0.1) is 0 Å². The Balaban J connectivity index is 2.09. The molecule has 0 radical (unpaired) electrons. The summed E-state index contributed by atoms with van der Waals surface area (Å²) in [6, 6.07) is 6.31. The van der Waals surface area contributed by atoms with Gasteiger partial charge in [0.25, 0.3) is 0 Å². The van der Waals surface area contributed by atoms with Crippen molar-refractivity contribution in [1.82, 2.24) is 5.32 Å². The Morgan fingerprint density at radius 3 is 2.75 bits per heavy atom. The number of nitrogens with two attached hydrogens (primary N) is 1. The summed E-state index contributed by atoms with van der Waals surface area (Å²) in [5, 5.41) is 14.0. The number of amides is 1. The van der Waals surface area contributed by atoms with Crippen LogP contribution in [-0.4, -0.2) is 29.0 Å². The zero-order chi connectivity index (χ0) is 14.8. The molecule has 1 unspecified atom stereocenters. The van der Waals surface area contributed by atoms with Gasteiger partial charge in [-0.3, -0.25) is 20.2 Å². The maximum atomic E-state index is 11.6. The highest BCUT2D eigenvalue weighted by molar-refractivity contribution is 5.84. The first kappa shape index (κ1) is 14.3. The minimum absolute atomic E-state index is 0.0519. The smallest absolute Gasteiger partial charge is 0.310 e. The number of para-hydroxylation sites is 2. The van der Waals surface area contributed by atoms with Crippen LogP contribution in [0.4, 0.5) is 5.69 Å². The molecular weight excluding hydrogens is 262 g/mol. The molecule has 108 valence electrons. The van der Waals surface area contributed by atoms with Crippen LogP contribution in [0.3, 0.4) is 0 Å². The standard InChI is InChI=1S/C13H17N3O4/c1-13(12(14)17,15-9-6-7-9)8-20-11-5-3-2-4-10(11)16(18)19/h2-5,9,15H,6-8H2,1H3,(H2,14,17). The summed E-state index contributed by atoms with van der Waals surface area (Å²) in [6.07, 6.45) is 1.99. The number of nitrogens with zero attached hydrogens (tertiary/aromatic N) is 1. The van der Waals surface area contributed by atoms with Crippen LogP contribution in [0.2, 0.25) is 0 Å². The van der Waals surface area contributed by atoms with Crippen molar-refractivity contribution in [2.24, 2.45) is 5.73 Å². The maximum Gasteiger partial charge on any atom is 0.310 e. The first-order valence-electron chi connectivity index (χ1n) is 6.36. The summed E-state index contributed by atoms with van der Waals surface area (Å²) >= 11 is 0. The lowest BCUT2D eigenvalue weighted by molar-refractivity contribution is -0.385. The Morgan fingerprint density at radius 2 is 2.20 bits per heavy atom. The molecule has 0 spiro atoms. The largest absolute Gasteiger partial charge is 0.484 e. The summed E-state index contributed by atoms with van der Waals surface area (Å²) in [4.78, 5) is 21.9. The first-order valence-corrected chi connectivity index (χ1v) is 6.36. The van der Waals surface area contributed by atoms with Crippen molar-refractivity contribution in [3.8, 4) is 5.75 Å². The van der Waals surface area contributed by atoms with Crippen molar-refractivity contribution in [3.63, 3.8) is 0 Å². The van der Waals surface area contributed by atoms with Crippen LogP contribution in [0.15, 0.2) is 24.3 Å². The predicted molar refractivity (Wildman–Crippen MR) is 72.3 cm³/mol. The Kier molecular flexibility index (Phi) is 3.89. The number of nitro benzene ring substituents is 1. The fraction of sp³-hybridized carbons (Fsp3) is 0.462. The van der Waals surface area contributed by atoms with Crippen molar-refractivity contribution < 1.29 is 14.5 Å². The Bertz CT molecular complexity index is 530. The van der Waals surface area contributed by atoms with E-state index in [1.165, 1.54) is 12.1 Å². The minimum Gasteiger partial charge on any atom is -0.484 e. The second-order valence-electron chi connectivity index (χ2n) is 5.13. The molecule has 0 bridgehead atoms. The number of nitro groups is 1. The molecule has 1 aliphatic rings. The van der Waals surface area contributed by atoms with Crippen molar-refractivity contribution in [3.05, 3.63) is 34.4 Å². The van der Waals surface area contributed by atoms with E-state index < -0.39 is 16.4 Å². The predicted octanol–water partition coefficient (Wildman–Crippen LogP) is 0.970. The molecule has 1 amide bonds. The van der Waals surface area contributed by atoms with E-state index in [9.17, 15) is 14.9 Å². The molecule has 1 saturated carbocycles. The molecule has 1 fully saturated rings. The van der Waals surface area contributed by atoms with Crippen molar-refractivity contribution in [2.75, 3.05) is 6.61 Å². The molecular formula is C13H17N3O4. The van der Waals surface area contributed by atoms with Crippen molar-refractivity contribution >= 4 is 11.6 Å². The number of benzene rings is 1. The number of primary amides is 1. The number of ether oxygens (including phenoxy) is 1. The summed E-state index contributed by atoms with van der Waals surface area (Å²) in [5.41, 5.74) is 4.22. The molecule has 7 nitrogen and oxygen atoms in total. The van der Waals surface area contributed by atoms with Crippen LogP contribution >= 0.6 is 0 Å². The molecule has 1 aromatic carbocycles. The summed E-state index contributed by atoms with van der Waals surface area (Å²) < 4.78 is 5.45. The molecule has 1 aromatic rings. The molecule has 0 saturated heterocycles. The van der Waals surface area contributed by atoms with Crippen LogP contribution in [0, 0.1) is 10.1 Å². The molecule has 1 aliphatic carbocycles. The second-order valence-corrected chi connectivity index (χ2v) is 5.13. The molecule has 0 heterocycles. The number of rotatable bonds is 7. The van der Waals surface area contributed by atoms with Crippen LogP contribution in [-0.2, 0) is 4.79 Å². The fourth-order valence-electron chi connectivity index (χ4n) is 1.81. The monoisotopic (exact) mass is 279 g/mol. The lowest BCUT2D eigenvalue weighted by Crippen LogP contribution is -2.57. The van der Waals surface area contributed by atoms with Crippen LogP contribution in [0.5, 0.6) is 5.75 Å². The van der Waals surface area contributed by atoms with E-state index in [-0.39, 0.29) is 24.1 Å². The Hall–Kier alpha value is -2.15. The van der Waals surface area contributed by atoms with Crippen LogP contribution in [0.25, 0.3) is 0 Å². The normalized spacial score (nSPS) is 17.2. The van der Waals surface area contributed by atoms with E-state index in [0.717, 1.165) is 12.8 Å². The molecule has 7 heteroatoms. The highest BCUT2D eigenvalue weighted by atomic mass is 16.6. The molecule has 20 heavy (non-hydrogen) atoms. The van der Waals surface area contributed by atoms with E-state index in [2.05, 4.69) is 5.32 Å². The van der Waals surface area contributed by atoms with Crippen LogP contribution < -0.4 is 15.8 Å². The molecule has 2 rings (SSSR count). The Morgan fingerprint density at radius 1 is 1.55 bits per heavy atom. The highest BCUT2D eigenvalue weighted by Gasteiger charge is 2.38. The summed E-state index contributed by atoms with van der Waals surface area (Å²) in [5.74, 6) is -0.412. The van der Waals surface area contributed by atoms with Gasteiger partial charge in [0.1, 0.15) is 12.1 Å². The quantitative estimate of drug-likeness (QED) is 0.571. The third-order valence-electron chi connectivity index (χ3n) is 3.22. The van der Waals surface area contributed by atoms with Crippen LogP contribution in [0.1, 0.15) is 19.8 Å². The van der Waals surface area contributed by atoms with Crippen molar-refractivity contribution in [2.45, 2.75) is 31.3 Å². The van der Waals surface area contributed by atoms with Gasteiger partial charge in [0.2, 0.25) is 5.91 Å². The third-order valence-corrected chi connectivity index (χ3v) is 3.22. The highest BCUT2D eigenvalue weighted by Crippen LogP contribution is 2.27. The second kappa shape index (κ2) is 5.46. The molecule has 1 atom stereocenters. The first-order chi connectivity index (χ1) is 9.42. The van der Waals surface area contributed by atoms with Gasteiger partial charge in [0, 0.05) is 12.1 Å². The minimum atomic E-state index is -1.04. The van der Waals surface area contributed by atoms with Crippen molar-refractivity contribution in [1.29, 1.82) is 0 Å². The summed E-state index contributed by atoms with van der Waals surface area (Å²) in [7, 11) is 0. The lowest BCUT2D eigenvalue weighted by Gasteiger charge is -2.27. The SMILES string of the molecule is CC(COc1ccccc1[N+](=O)[O-])(NC1CC1)C(N)=O. The number of carbonyl (C=O) groups is 1. The van der Waals surface area contributed by atoms with E-state index in [1.807, 2.05) is 0 Å². The average molecular weight is 279 g/mol. The van der Waals surface area contributed by atoms with E-state index in [4.69, 9.17) is 10.5 Å². The molecule has 0 aliphatic heterocycles. The van der Waals surface area contributed by atoms with Gasteiger partial charge >= 0.3 is 5.69 Å². The molecule has 0 aromatic heterocycles. The van der Waals surface area contributed by atoms with Gasteiger partial charge in [0.15, 0.2) is 5.75 Å². The van der Waals surface area contributed by atoms with Gasteiger partial charge in [-0.2, -0.15) is 0 Å². The fourth-order valence-corrected chi connectivity index (χ4v) is 1.81. The van der Waals surface area contributed by atoms with Gasteiger partial charge in [0.05, 0.1) is 4.92 Å². The maximum absolute atomic E-state index is 11.6. The van der Waals surface area contributed by atoms with E-state index >= 15 is 0 Å². The summed E-state index contributed by atoms with van der Waals surface area (Å²) in [6.45, 7) is 1.59. The number of nitrogens with one attached hydrogen (secondary N) is 1. The van der Waals surface area contributed by atoms with Gasteiger partial charge < -0.3 is 10.5 Å². The zero-order valence-corrected chi connectivity index (χ0v) is 11.2. The number of hydrogen-bond acceptors (Lipinski definition) is 5. The van der Waals surface area contributed by atoms with E-state index in [0.29, 0.717) is 0 Å². The van der Waals surface area contributed by atoms with E-state index in [1.54, 1.807) is 19.1 Å². The Labute approximate surface area is 116 Å².